The van der Waals surface area contributed by atoms with E-state index >= 15 is 0 Å². The maximum absolute atomic E-state index is 13.4. The van der Waals surface area contributed by atoms with Gasteiger partial charge in [-0.05, 0) is 55.3 Å². The van der Waals surface area contributed by atoms with Crippen molar-refractivity contribution in [1.82, 2.24) is 14.3 Å². The highest BCUT2D eigenvalue weighted by Crippen LogP contribution is 2.31. The van der Waals surface area contributed by atoms with Crippen LogP contribution in [0.15, 0.2) is 78.0 Å². The number of nitrogens with one attached hydrogen (secondary N) is 1. The van der Waals surface area contributed by atoms with Crippen molar-refractivity contribution in [2.75, 3.05) is 18.4 Å². The molecule has 1 saturated heterocycles. The number of sulfonamides is 1. The normalized spacial score (nSPS) is 14.4. The molecule has 1 aliphatic heterocycles. The van der Waals surface area contributed by atoms with Gasteiger partial charge in [0.15, 0.2) is 0 Å². The van der Waals surface area contributed by atoms with Crippen molar-refractivity contribution < 1.29 is 18.3 Å². The first-order valence-corrected chi connectivity index (χ1v) is 12.3. The molecular weight excluding hydrogens is 452 g/mol. The number of phenolic OH excluding ortho intramolecular Hbond substituents is 1. The molecule has 8 nitrogen and oxygen atoms in total. The molecule has 172 valence electrons. The Morgan fingerprint density at radius 3 is 2.47 bits per heavy atom. The van der Waals surface area contributed by atoms with Gasteiger partial charge < -0.3 is 10.4 Å². The predicted octanol–water partition coefficient (Wildman–Crippen LogP) is 4.04. The minimum Gasteiger partial charge on any atom is -0.506 e. The molecule has 0 spiro atoms. The van der Waals surface area contributed by atoms with Crippen LogP contribution in [0.4, 0.5) is 5.69 Å². The third-order valence-corrected chi connectivity index (χ3v) is 7.75. The van der Waals surface area contributed by atoms with Gasteiger partial charge in [0.2, 0.25) is 10.0 Å². The summed E-state index contributed by atoms with van der Waals surface area (Å²) >= 11 is 0. The van der Waals surface area contributed by atoms with Crippen molar-refractivity contribution in [3.05, 3.63) is 78.6 Å². The molecule has 2 aromatic heterocycles. The number of hydrogen-bond acceptors (Lipinski definition) is 6. The number of carbonyl (C=O) groups is 1. The zero-order chi connectivity index (χ0) is 23.7. The van der Waals surface area contributed by atoms with Crippen LogP contribution in [0.3, 0.4) is 0 Å². The van der Waals surface area contributed by atoms with Crippen molar-refractivity contribution >= 4 is 32.5 Å². The van der Waals surface area contributed by atoms with Crippen molar-refractivity contribution in [3.63, 3.8) is 0 Å². The molecule has 4 aromatic rings. The standard InChI is InChI=1S/C25H22N4O4S/c30-24-8-7-18(34(32,33)29-13-3-4-14-29)15-23(24)28-25(31)20-16-22(17-9-11-26-12-10-17)27-21-6-2-1-5-19(20)21/h1-2,5-12,15-16,30H,3-4,13-14H2,(H,28,31). The molecule has 5 rings (SSSR count). The number of carbonyl (C=O) groups excluding carboxylic acids is 1. The summed E-state index contributed by atoms with van der Waals surface area (Å²) in [5, 5.41) is 13.7. The van der Waals surface area contributed by atoms with Gasteiger partial charge >= 0.3 is 0 Å². The molecule has 0 unspecified atom stereocenters. The molecule has 2 aromatic carbocycles. The Morgan fingerprint density at radius 2 is 1.71 bits per heavy atom. The highest BCUT2D eigenvalue weighted by atomic mass is 32.2. The summed E-state index contributed by atoms with van der Waals surface area (Å²) in [6, 6.07) is 16.5. The summed E-state index contributed by atoms with van der Waals surface area (Å²) in [7, 11) is -3.70. The second-order valence-electron chi connectivity index (χ2n) is 8.05. The highest BCUT2D eigenvalue weighted by molar-refractivity contribution is 7.89. The lowest BCUT2D eigenvalue weighted by Gasteiger charge is -2.17. The van der Waals surface area contributed by atoms with E-state index in [2.05, 4.69) is 15.3 Å². The maximum Gasteiger partial charge on any atom is 0.256 e. The van der Waals surface area contributed by atoms with Gasteiger partial charge in [0.05, 0.1) is 27.4 Å². The van der Waals surface area contributed by atoms with Gasteiger partial charge in [-0.3, -0.25) is 9.78 Å². The van der Waals surface area contributed by atoms with Crippen LogP contribution in [0.25, 0.3) is 22.2 Å². The quantitative estimate of drug-likeness (QED) is 0.422. The Hall–Kier alpha value is -3.82. The van der Waals surface area contributed by atoms with Crippen LogP contribution in [-0.4, -0.2) is 46.8 Å². The Kier molecular flexibility index (Phi) is 5.72. The average molecular weight is 475 g/mol. The number of para-hydroxylation sites is 1. The highest BCUT2D eigenvalue weighted by Gasteiger charge is 2.28. The molecule has 3 heterocycles. The van der Waals surface area contributed by atoms with E-state index in [-0.39, 0.29) is 16.3 Å². The fourth-order valence-electron chi connectivity index (χ4n) is 4.08. The van der Waals surface area contributed by atoms with Crippen LogP contribution in [0.1, 0.15) is 23.2 Å². The maximum atomic E-state index is 13.4. The summed E-state index contributed by atoms with van der Waals surface area (Å²) in [4.78, 5) is 22.1. The van der Waals surface area contributed by atoms with E-state index in [1.165, 1.54) is 22.5 Å². The number of pyridine rings is 2. The topological polar surface area (TPSA) is 112 Å². The van der Waals surface area contributed by atoms with E-state index in [1.807, 2.05) is 18.2 Å². The first-order valence-electron chi connectivity index (χ1n) is 10.9. The first kappa shape index (κ1) is 22.0. The molecule has 0 bridgehead atoms. The minimum atomic E-state index is -3.70. The lowest BCUT2D eigenvalue weighted by Crippen LogP contribution is -2.28. The third kappa shape index (κ3) is 4.11. The third-order valence-electron chi connectivity index (χ3n) is 5.86. The van der Waals surface area contributed by atoms with Gasteiger partial charge in [-0.15, -0.1) is 0 Å². The smallest absolute Gasteiger partial charge is 0.256 e. The SMILES string of the molecule is O=C(Nc1cc(S(=O)(=O)N2CCCC2)ccc1O)c1cc(-c2ccncc2)nc2ccccc12. The number of nitrogens with zero attached hydrogens (tertiary/aromatic N) is 3. The van der Waals surface area contributed by atoms with E-state index in [1.54, 1.807) is 36.7 Å². The molecule has 9 heteroatoms. The van der Waals surface area contributed by atoms with E-state index in [9.17, 15) is 18.3 Å². The number of benzene rings is 2. The van der Waals surface area contributed by atoms with Gasteiger partial charge in [-0.2, -0.15) is 4.31 Å². The van der Waals surface area contributed by atoms with Crippen LogP contribution >= 0.6 is 0 Å². The van der Waals surface area contributed by atoms with Gasteiger partial charge in [0.1, 0.15) is 5.75 Å². The number of hydrogen-bond donors (Lipinski definition) is 2. The fraction of sp³-hybridized carbons (Fsp3) is 0.160. The van der Waals surface area contributed by atoms with Crippen molar-refractivity contribution in [1.29, 1.82) is 0 Å². The van der Waals surface area contributed by atoms with Gasteiger partial charge in [0.25, 0.3) is 5.91 Å². The predicted molar refractivity (Wildman–Crippen MR) is 129 cm³/mol. The molecule has 0 aliphatic carbocycles. The van der Waals surface area contributed by atoms with Crippen molar-refractivity contribution in [3.8, 4) is 17.0 Å². The van der Waals surface area contributed by atoms with Crippen LogP contribution in [-0.2, 0) is 10.0 Å². The summed E-state index contributed by atoms with van der Waals surface area (Å²) < 4.78 is 27.3. The largest absolute Gasteiger partial charge is 0.506 e. The summed E-state index contributed by atoms with van der Waals surface area (Å²) in [5.74, 6) is -0.707. The van der Waals surface area contributed by atoms with E-state index in [0.717, 1.165) is 18.4 Å². The summed E-state index contributed by atoms with van der Waals surface area (Å²) in [5.41, 5.74) is 2.41. The van der Waals surface area contributed by atoms with Gasteiger partial charge in [0, 0.05) is 36.4 Å². The van der Waals surface area contributed by atoms with Gasteiger partial charge in [-0.25, -0.2) is 13.4 Å². The molecule has 2 N–H and O–H groups in total. The summed E-state index contributed by atoms with van der Waals surface area (Å²) in [6.45, 7) is 0.928. The van der Waals surface area contributed by atoms with E-state index in [4.69, 9.17) is 0 Å². The van der Waals surface area contributed by atoms with Crippen LogP contribution in [0.5, 0.6) is 5.75 Å². The van der Waals surface area contributed by atoms with Crippen LogP contribution in [0, 0.1) is 0 Å². The molecule has 1 fully saturated rings. The van der Waals surface area contributed by atoms with Crippen molar-refractivity contribution in [2.24, 2.45) is 0 Å². The molecule has 0 saturated carbocycles. The van der Waals surface area contributed by atoms with E-state index < -0.39 is 15.9 Å². The fourth-order valence-corrected chi connectivity index (χ4v) is 5.62. The molecule has 34 heavy (non-hydrogen) atoms. The number of aromatic hydroxyl groups is 1. The van der Waals surface area contributed by atoms with Crippen LogP contribution < -0.4 is 5.32 Å². The Bertz CT molecular complexity index is 1480. The molecule has 0 atom stereocenters. The molecule has 1 amide bonds. The minimum absolute atomic E-state index is 0.0247. The number of phenols is 1. The Morgan fingerprint density at radius 1 is 0.971 bits per heavy atom. The number of amides is 1. The lowest BCUT2D eigenvalue weighted by atomic mass is 10.0. The molecule has 1 aliphatic rings. The number of anilines is 1. The average Bonchev–Trinajstić information content (AvgIpc) is 3.41. The zero-order valence-electron chi connectivity index (χ0n) is 18.2. The second kappa shape index (κ2) is 8.85. The Balaban J connectivity index is 1.53. The second-order valence-corrected chi connectivity index (χ2v) is 9.99. The molecule has 0 radical (unpaired) electrons. The van der Waals surface area contributed by atoms with Crippen molar-refractivity contribution in [2.45, 2.75) is 17.7 Å². The van der Waals surface area contributed by atoms with Gasteiger partial charge in [-0.1, -0.05) is 18.2 Å². The molecular formula is C25H22N4O4S. The number of fused-ring (bicyclic) bond motifs is 1. The number of rotatable bonds is 5. The Labute approximate surface area is 197 Å². The monoisotopic (exact) mass is 474 g/mol. The van der Waals surface area contributed by atoms with E-state index in [0.29, 0.717) is 35.2 Å². The first-order chi connectivity index (χ1) is 16.4. The lowest BCUT2D eigenvalue weighted by molar-refractivity contribution is 0.102. The van der Waals surface area contributed by atoms with Crippen LogP contribution in [0.2, 0.25) is 0 Å². The zero-order valence-corrected chi connectivity index (χ0v) is 19.0. The summed E-state index contributed by atoms with van der Waals surface area (Å²) in [6.07, 6.45) is 4.93. The number of aromatic nitrogens is 2.